The molecule has 2 aromatic carbocycles. The number of benzene rings is 2. The van der Waals surface area contributed by atoms with Crippen LogP contribution in [0.4, 0.5) is 0 Å². The lowest BCUT2D eigenvalue weighted by Crippen LogP contribution is -2.10. The lowest BCUT2D eigenvalue weighted by molar-refractivity contribution is 0.129. The van der Waals surface area contributed by atoms with Crippen LogP contribution in [0, 0.1) is 0 Å². The lowest BCUT2D eigenvalue weighted by Gasteiger charge is -2.12. The highest BCUT2D eigenvalue weighted by molar-refractivity contribution is 8.00. The van der Waals surface area contributed by atoms with Crippen molar-refractivity contribution in [2.75, 3.05) is 12.4 Å². The summed E-state index contributed by atoms with van der Waals surface area (Å²) >= 11 is 5.22. The molecule has 5 nitrogen and oxygen atoms in total. The van der Waals surface area contributed by atoms with E-state index in [4.69, 9.17) is 9.72 Å². The molecule has 1 unspecified atom stereocenters. The van der Waals surface area contributed by atoms with Crippen molar-refractivity contribution in [3.05, 3.63) is 66.0 Å². The molecule has 3 heterocycles. The molecule has 154 valence electrons. The fourth-order valence-electron chi connectivity index (χ4n) is 3.44. The molecule has 2 aromatic heterocycles. The summed E-state index contributed by atoms with van der Waals surface area (Å²) in [6.07, 6.45) is 2.63. The fraction of sp³-hybridized carbons (Fsp3) is 0.318. The zero-order valence-electron chi connectivity index (χ0n) is 16.4. The SMILES string of the molecule is c1ccc(Cn2c(CSc3nc4ccccc4s3)nnc2SCC2CCCO2)cc1. The summed E-state index contributed by atoms with van der Waals surface area (Å²) in [6, 6.07) is 18.8. The van der Waals surface area contributed by atoms with Crippen molar-refractivity contribution in [2.24, 2.45) is 0 Å². The summed E-state index contributed by atoms with van der Waals surface area (Å²) in [5.74, 6) is 2.66. The van der Waals surface area contributed by atoms with Crippen LogP contribution in [0.5, 0.6) is 0 Å². The first-order chi connectivity index (χ1) is 14.8. The first-order valence-electron chi connectivity index (χ1n) is 10.0. The molecule has 1 saturated heterocycles. The van der Waals surface area contributed by atoms with E-state index in [1.165, 1.54) is 10.3 Å². The molecule has 1 aliphatic rings. The molecule has 0 radical (unpaired) electrons. The predicted molar refractivity (Wildman–Crippen MR) is 124 cm³/mol. The molecule has 0 bridgehead atoms. The zero-order valence-corrected chi connectivity index (χ0v) is 18.9. The van der Waals surface area contributed by atoms with Gasteiger partial charge >= 0.3 is 0 Å². The number of nitrogens with zero attached hydrogens (tertiary/aromatic N) is 4. The Kier molecular flexibility index (Phi) is 6.36. The van der Waals surface area contributed by atoms with E-state index in [9.17, 15) is 0 Å². The van der Waals surface area contributed by atoms with Crippen molar-refractivity contribution in [3.8, 4) is 0 Å². The second kappa shape index (κ2) is 9.51. The Bertz CT molecular complexity index is 1070. The van der Waals surface area contributed by atoms with Crippen LogP contribution >= 0.6 is 34.9 Å². The number of thiazole rings is 1. The summed E-state index contributed by atoms with van der Waals surface area (Å²) in [6.45, 7) is 1.66. The Morgan fingerprint density at radius 3 is 2.73 bits per heavy atom. The van der Waals surface area contributed by atoms with E-state index < -0.39 is 0 Å². The number of ether oxygens (including phenoxy) is 1. The second-order valence-electron chi connectivity index (χ2n) is 7.15. The number of fused-ring (bicyclic) bond motifs is 1. The van der Waals surface area contributed by atoms with Crippen molar-refractivity contribution >= 4 is 45.1 Å². The Labute approximate surface area is 188 Å². The number of rotatable bonds is 8. The molecule has 0 saturated carbocycles. The maximum absolute atomic E-state index is 5.78. The third-order valence-corrected chi connectivity index (χ3v) is 8.27. The zero-order chi connectivity index (χ0) is 20.2. The van der Waals surface area contributed by atoms with Crippen LogP contribution in [0.15, 0.2) is 64.1 Å². The van der Waals surface area contributed by atoms with Crippen molar-refractivity contribution in [3.63, 3.8) is 0 Å². The minimum absolute atomic E-state index is 0.331. The van der Waals surface area contributed by atoms with Gasteiger partial charge in [0.05, 0.1) is 28.6 Å². The molecule has 1 atom stereocenters. The summed E-state index contributed by atoms with van der Waals surface area (Å²) in [7, 11) is 0. The van der Waals surface area contributed by atoms with Gasteiger partial charge in [0.1, 0.15) is 5.82 Å². The number of para-hydroxylation sites is 1. The smallest absolute Gasteiger partial charge is 0.191 e. The average Bonchev–Trinajstić information content (AvgIpc) is 3.52. The molecule has 1 aliphatic heterocycles. The van der Waals surface area contributed by atoms with Crippen LogP contribution in [-0.2, 0) is 17.0 Å². The minimum Gasteiger partial charge on any atom is -0.377 e. The van der Waals surface area contributed by atoms with Gasteiger partial charge in [0.2, 0.25) is 0 Å². The Morgan fingerprint density at radius 1 is 1.03 bits per heavy atom. The first kappa shape index (κ1) is 20.1. The molecule has 0 N–H and O–H groups in total. The van der Waals surface area contributed by atoms with E-state index in [1.807, 2.05) is 12.1 Å². The molecule has 4 aromatic rings. The second-order valence-corrected chi connectivity index (χ2v) is 10.4. The highest BCUT2D eigenvalue weighted by atomic mass is 32.2. The van der Waals surface area contributed by atoms with Crippen LogP contribution in [0.3, 0.4) is 0 Å². The van der Waals surface area contributed by atoms with Gasteiger partial charge in [-0.25, -0.2) is 4.98 Å². The number of aromatic nitrogens is 4. The van der Waals surface area contributed by atoms with E-state index >= 15 is 0 Å². The average molecular weight is 455 g/mol. The molecule has 5 rings (SSSR count). The Hall–Kier alpha value is -1.87. The van der Waals surface area contributed by atoms with Crippen LogP contribution < -0.4 is 0 Å². The Morgan fingerprint density at radius 2 is 1.90 bits per heavy atom. The van der Waals surface area contributed by atoms with Crippen molar-refractivity contribution < 1.29 is 4.74 Å². The highest BCUT2D eigenvalue weighted by Gasteiger charge is 2.19. The quantitative estimate of drug-likeness (QED) is 0.328. The van der Waals surface area contributed by atoms with Crippen LogP contribution in [0.25, 0.3) is 10.2 Å². The standard InChI is InChI=1S/C22H22N4OS3/c1-2-7-16(8-3-1)13-26-20(24-25-21(26)28-14-17-9-6-12-27-17)15-29-22-23-18-10-4-5-11-19(18)30-22/h1-5,7-8,10-11,17H,6,9,12-15H2. The van der Waals surface area contributed by atoms with E-state index in [-0.39, 0.29) is 0 Å². The predicted octanol–water partition coefficient (Wildman–Crippen LogP) is 5.50. The normalized spacial score (nSPS) is 16.5. The monoisotopic (exact) mass is 454 g/mol. The molecule has 0 amide bonds. The van der Waals surface area contributed by atoms with Gasteiger partial charge in [0, 0.05) is 12.4 Å². The summed E-state index contributed by atoms with van der Waals surface area (Å²) < 4.78 is 10.3. The van der Waals surface area contributed by atoms with Crippen LogP contribution in [0.1, 0.15) is 24.2 Å². The summed E-state index contributed by atoms with van der Waals surface area (Å²) in [5.41, 5.74) is 2.31. The van der Waals surface area contributed by atoms with E-state index in [1.54, 1.807) is 34.9 Å². The van der Waals surface area contributed by atoms with Gasteiger partial charge in [-0.1, -0.05) is 66.0 Å². The Balaban J connectivity index is 1.34. The van der Waals surface area contributed by atoms with Gasteiger partial charge < -0.3 is 9.30 Å². The molecule has 8 heteroatoms. The lowest BCUT2D eigenvalue weighted by atomic mass is 10.2. The van der Waals surface area contributed by atoms with Gasteiger partial charge in [-0.2, -0.15) is 0 Å². The summed E-state index contributed by atoms with van der Waals surface area (Å²) in [5, 5.41) is 10.0. The largest absolute Gasteiger partial charge is 0.377 e. The molecule has 1 fully saturated rings. The van der Waals surface area contributed by atoms with Gasteiger partial charge in [-0.15, -0.1) is 21.5 Å². The van der Waals surface area contributed by atoms with E-state index in [2.05, 4.69) is 57.2 Å². The van der Waals surface area contributed by atoms with Gasteiger partial charge in [-0.3, -0.25) is 0 Å². The van der Waals surface area contributed by atoms with E-state index in [0.29, 0.717) is 6.10 Å². The number of hydrogen-bond donors (Lipinski definition) is 0. The third kappa shape index (κ3) is 4.72. The fourth-order valence-corrected chi connectivity index (χ4v) is 6.47. The van der Waals surface area contributed by atoms with Crippen molar-refractivity contribution in [2.45, 2.75) is 40.7 Å². The molecule has 0 aliphatic carbocycles. The topological polar surface area (TPSA) is 52.8 Å². The maximum atomic E-state index is 5.78. The van der Waals surface area contributed by atoms with Crippen LogP contribution in [-0.4, -0.2) is 38.2 Å². The van der Waals surface area contributed by atoms with Crippen molar-refractivity contribution in [1.82, 2.24) is 19.7 Å². The molecule has 30 heavy (non-hydrogen) atoms. The third-order valence-electron chi connectivity index (χ3n) is 5.00. The van der Waals surface area contributed by atoms with Crippen molar-refractivity contribution in [1.29, 1.82) is 0 Å². The van der Waals surface area contributed by atoms with E-state index in [0.717, 1.165) is 58.3 Å². The highest BCUT2D eigenvalue weighted by Crippen LogP contribution is 2.32. The minimum atomic E-state index is 0.331. The number of thioether (sulfide) groups is 2. The molecular weight excluding hydrogens is 432 g/mol. The maximum Gasteiger partial charge on any atom is 0.191 e. The molecular formula is C22H22N4OS3. The molecule has 0 spiro atoms. The summed E-state index contributed by atoms with van der Waals surface area (Å²) in [4.78, 5) is 4.74. The van der Waals surface area contributed by atoms with Gasteiger partial charge in [0.25, 0.3) is 0 Å². The number of hydrogen-bond acceptors (Lipinski definition) is 7. The van der Waals surface area contributed by atoms with Gasteiger partial charge in [-0.05, 0) is 30.5 Å². The van der Waals surface area contributed by atoms with Gasteiger partial charge in [0.15, 0.2) is 9.50 Å². The first-order valence-corrected chi connectivity index (χ1v) is 12.8. The van der Waals surface area contributed by atoms with Crippen LogP contribution in [0.2, 0.25) is 0 Å².